The van der Waals surface area contributed by atoms with Crippen LogP contribution in [0, 0.1) is 5.82 Å². The second-order valence-corrected chi connectivity index (χ2v) is 4.35. The minimum Gasteiger partial charge on any atom is -0.311 e. The molecule has 1 aromatic heterocycles. The number of nitrogens with one attached hydrogen (secondary N) is 1. The minimum atomic E-state index is -0.261. The third kappa shape index (κ3) is 3.03. The molecule has 2 rings (SSSR count). The lowest BCUT2D eigenvalue weighted by molar-refractivity contribution is 0.543. The Bertz CT molecular complexity index is 519. The molecule has 1 aromatic carbocycles. The number of rotatable bonds is 4. The number of aromatic nitrogens is 2. The minimum absolute atomic E-state index is 0.0910. The van der Waals surface area contributed by atoms with E-state index in [-0.39, 0.29) is 11.9 Å². The van der Waals surface area contributed by atoms with E-state index in [1.165, 1.54) is 12.1 Å². The molecule has 0 saturated heterocycles. The summed E-state index contributed by atoms with van der Waals surface area (Å²) in [6, 6.07) is 4.46. The SMILES string of the molecule is CNC(Cc1cc(Cl)ccc1F)c1cnccn1. The Morgan fingerprint density at radius 3 is 2.89 bits per heavy atom. The van der Waals surface area contributed by atoms with Gasteiger partial charge in [-0.15, -0.1) is 0 Å². The number of likely N-dealkylation sites (N-methyl/N-ethyl adjacent to an activating group) is 1. The van der Waals surface area contributed by atoms with Crippen LogP contribution in [0.15, 0.2) is 36.8 Å². The fraction of sp³-hybridized carbons (Fsp3) is 0.231. The van der Waals surface area contributed by atoms with E-state index < -0.39 is 0 Å². The molecule has 0 aliphatic carbocycles. The van der Waals surface area contributed by atoms with Gasteiger partial charge in [-0.1, -0.05) is 11.6 Å². The molecule has 5 heteroatoms. The van der Waals surface area contributed by atoms with Crippen molar-refractivity contribution in [1.82, 2.24) is 15.3 Å². The summed E-state index contributed by atoms with van der Waals surface area (Å²) in [4.78, 5) is 8.23. The van der Waals surface area contributed by atoms with Crippen molar-refractivity contribution in [1.29, 1.82) is 0 Å². The van der Waals surface area contributed by atoms with Crippen molar-refractivity contribution in [3.63, 3.8) is 0 Å². The van der Waals surface area contributed by atoms with Gasteiger partial charge in [-0.2, -0.15) is 0 Å². The van der Waals surface area contributed by atoms with Crippen LogP contribution < -0.4 is 5.32 Å². The van der Waals surface area contributed by atoms with Crippen LogP contribution in [0.3, 0.4) is 0 Å². The van der Waals surface area contributed by atoms with Gasteiger partial charge in [0.1, 0.15) is 5.82 Å². The van der Waals surface area contributed by atoms with E-state index in [1.54, 1.807) is 24.7 Å². The molecular formula is C13H13ClFN3. The van der Waals surface area contributed by atoms with Gasteiger partial charge < -0.3 is 5.32 Å². The molecule has 0 fully saturated rings. The van der Waals surface area contributed by atoms with Crippen molar-refractivity contribution < 1.29 is 4.39 Å². The fourth-order valence-corrected chi connectivity index (χ4v) is 1.96. The van der Waals surface area contributed by atoms with Gasteiger partial charge in [0.05, 0.1) is 11.7 Å². The highest BCUT2D eigenvalue weighted by Gasteiger charge is 2.14. The van der Waals surface area contributed by atoms with Crippen LogP contribution >= 0.6 is 11.6 Å². The lowest BCUT2D eigenvalue weighted by atomic mass is 10.0. The third-order valence-corrected chi connectivity index (χ3v) is 2.96. The molecule has 0 amide bonds. The molecule has 0 bridgehead atoms. The number of nitrogens with zero attached hydrogens (tertiary/aromatic N) is 2. The molecule has 0 aliphatic rings. The molecule has 18 heavy (non-hydrogen) atoms. The first-order valence-electron chi connectivity index (χ1n) is 5.58. The average Bonchev–Trinajstić information content (AvgIpc) is 2.41. The van der Waals surface area contributed by atoms with E-state index >= 15 is 0 Å². The number of hydrogen-bond donors (Lipinski definition) is 1. The van der Waals surface area contributed by atoms with Crippen molar-refractivity contribution in [2.24, 2.45) is 0 Å². The molecule has 3 nitrogen and oxygen atoms in total. The first kappa shape index (κ1) is 12.9. The molecule has 2 aromatic rings. The van der Waals surface area contributed by atoms with E-state index in [0.717, 1.165) is 5.69 Å². The van der Waals surface area contributed by atoms with E-state index in [9.17, 15) is 4.39 Å². The van der Waals surface area contributed by atoms with E-state index in [4.69, 9.17) is 11.6 Å². The van der Waals surface area contributed by atoms with Gasteiger partial charge in [-0.05, 0) is 37.2 Å². The maximum absolute atomic E-state index is 13.7. The topological polar surface area (TPSA) is 37.8 Å². The van der Waals surface area contributed by atoms with Crippen molar-refractivity contribution in [3.8, 4) is 0 Å². The van der Waals surface area contributed by atoms with Gasteiger partial charge in [0, 0.05) is 23.6 Å². The summed E-state index contributed by atoms with van der Waals surface area (Å²) in [6.07, 6.45) is 5.37. The Morgan fingerprint density at radius 1 is 1.39 bits per heavy atom. The highest BCUT2D eigenvalue weighted by Crippen LogP contribution is 2.21. The van der Waals surface area contributed by atoms with Gasteiger partial charge in [0.25, 0.3) is 0 Å². The van der Waals surface area contributed by atoms with Crippen LogP contribution in [0.1, 0.15) is 17.3 Å². The fourth-order valence-electron chi connectivity index (χ4n) is 1.76. The van der Waals surface area contributed by atoms with Crippen molar-refractivity contribution in [2.45, 2.75) is 12.5 Å². The van der Waals surface area contributed by atoms with Crippen LogP contribution in [0.25, 0.3) is 0 Å². The Kier molecular flexibility index (Phi) is 4.23. The molecule has 1 unspecified atom stereocenters. The Balaban J connectivity index is 2.23. The summed E-state index contributed by atoms with van der Waals surface area (Å²) < 4.78 is 13.7. The van der Waals surface area contributed by atoms with E-state index in [0.29, 0.717) is 17.0 Å². The zero-order chi connectivity index (χ0) is 13.0. The molecule has 94 valence electrons. The maximum atomic E-state index is 13.7. The quantitative estimate of drug-likeness (QED) is 0.924. The Labute approximate surface area is 110 Å². The highest BCUT2D eigenvalue weighted by molar-refractivity contribution is 6.30. The van der Waals surface area contributed by atoms with Crippen LogP contribution in [0.2, 0.25) is 5.02 Å². The highest BCUT2D eigenvalue weighted by atomic mass is 35.5. The Hall–Kier alpha value is -1.52. The second-order valence-electron chi connectivity index (χ2n) is 3.91. The summed E-state index contributed by atoms with van der Waals surface area (Å²) >= 11 is 5.87. The normalized spacial score (nSPS) is 12.4. The molecule has 0 aliphatic heterocycles. The van der Waals surface area contributed by atoms with Gasteiger partial charge in [0.15, 0.2) is 0 Å². The third-order valence-electron chi connectivity index (χ3n) is 2.72. The van der Waals surface area contributed by atoms with Crippen molar-refractivity contribution >= 4 is 11.6 Å². The summed E-state index contributed by atoms with van der Waals surface area (Å²) in [5, 5.41) is 3.63. The van der Waals surface area contributed by atoms with Gasteiger partial charge in [-0.25, -0.2) is 4.39 Å². The van der Waals surface area contributed by atoms with Crippen LogP contribution in [-0.2, 0) is 6.42 Å². The van der Waals surface area contributed by atoms with Crippen molar-refractivity contribution in [3.05, 3.63) is 58.9 Å². The standard InChI is InChI=1S/C13H13ClFN3/c1-16-12(13-8-17-4-5-18-13)7-9-6-10(14)2-3-11(9)15/h2-6,8,12,16H,7H2,1H3. The molecule has 1 N–H and O–H groups in total. The molecule has 0 saturated carbocycles. The molecule has 1 heterocycles. The number of hydrogen-bond acceptors (Lipinski definition) is 3. The average molecular weight is 266 g/mol. The van der Waals surface area contributed by atoms with Crippen LogP contribution in [0.5, 0.6) is 0 Å². The smallest absolute Gasteiger partial charge is 0.126 e. The lowest BCUT2D eigenvalue weighted by Gasteiger charge is -2.15. The number of halogens is 2. The first-order chi connectivity index (χ1) is 8.70. The predicted molar refractivity (Wildman–Crippen MR) is 68.9 cm³/mol. The van der Waals surface area contributed by atoms with Crippen LogP contribution in [-0.4, -0.2) is 17.0 Å². The van der Waals surface area contributed by atoms with Crippen LogP contribution in [0.4, 0.5) is 4.39 Å². The molecular weight excluding hydrogens is 253 g/mol. The lowest BCUT2D eigenvalue weighted by Crippen LogP contribution is -2.20. The first-order valence-corrected chi connectivity index (χ1v) is 5.95. The zero-order valence-electron chi connectivity index (χ0n) is 9.90. The van der Waals surface area contributed by atoms with Gasteiger partial charge in [-0.3, -0.25) is 9.97 Å². The van der Waals surface area contributed by atoms with E-state index in [2.05, 4.69) is 15.3 Å². The summed E-state index contributed by atoms with van der Waals surface area (Å²) in [5.41, 5.74) is 1.34. The van der Waals surface area contributed by atoms with Gasteiger partial charge >= 0.3 is 0 Å². The maximum Gasteiger partial charge on any atom is 0.126 e. The van der Waals surface area contributed by atoms with E-state index in [1.807, 2.05) is 7.05 Å². The summed E-state index contributed by atoms with van der Waals surface area (Å²) in [7, 11) is 1.81. The molecule has 0 spiro atoms. The number of benzene rings is 1. The zero-order valence-corrected chi connectivity index (χ0v) is 10.7. The summed E-state index contributed by atoms with van der Waals surface area (Å²) in [6.45, 7) is 0. The predicted octanol–water partition coefficient (Wildman–Crippen LogP) is 2.77. The summed E-state index contributed by atoms with van der Waals surface area (Å²) in [5.74, 6) is -0.261. The largest absolute Gasteiger partial charge is 0.311 e. The van der Waals surface area contributed by atoms with Gasteiger partial charge in [0.2, 0.25) is 0 Å². The second kappa shape index (κ2) is 5.89. The Morgan fingerprint density at radius 2 is 2.22 bits per heavy atom. The molecule has 0 radical (unpaired) electrons. The van der Waals surface area contributed by atoms with Crippen molar-refractivity contribution in [2.75, 3.05) is 7.05 Å². The molecule has 1 atom stereocenters. The monoisotopic (exact) mass is 265 g/mol.